The van der Waals surface area contributed by atoms with Gasteiger partial charge in [-0.25, -0.2) is 9.37 Å². The van der Waals surface area contributed by atoms with Crippen molar-refractivity contribution in [2.24, 2.45) is 10.4 Å². The summed E-state index contributed by atoms with van der Waals surface area (Å²) in [6.45, 7) is 2.21. The van der Waals surface area contributed by atoms with E-state index in [0.29, 0.717) is 23.8 Å². The third-order valence-corrected chi connectivity index (χ3v) is 6.12. The molecular formula is C23H18F4N6O2S. The Kier molecular flexibility index (Phi) is 6.98. The topological polar surface area (TPSA) is 105 Å². The molecule has 1 saturated heterocycles. The van der Waals surface area contributed by atoms with Crippen LogP contribution in [0.1, 0.15) is 18.9 Å². The largest absolute Gasteiger partial charge is 0.454 e. The van der Waals surface area contributed by atoms with Gasteiger partial charge in [0.15, 0.2) is 16.7 Å². The highest BCUT2D eigenvalue weighted by atomic mass is 32.2. The fourth-order valence-corrected chi connectivity index (χ4v) is 4.17. The standard InChI is InChI=1S/C23H18F4N6O2S/c1-22(11-28)5-4-17(15(10-22)23(25,26)27)35-18-3-2-14(8-16(18)24)9-19-20(34)32-21(36-19)30-6-7-33-13-29-12-31-33/h2-4,8-10,12-13H,5-7H2,1H3,(H,30,32,34)/b19-9-. The third-order valence-electron chi connectivity index (χ3n) is 5.18. The first-order valence-electron chi connectivity index (χ1n) is 10.5. The van der Waals surface area contributed by atoms with Crippen molar-refractivity contribution in [3.63, 3.8) is 0 Å². The maximum atomic E-state index is 14.7. The van der Waals surface area contributed by atoms with E-state index in [0.717, 1.165) is 30.0 Å². The number of benzene rings is 1. The lowest BCUT2D eigenvalue weighted by Gasteiger charge is -2.26. The molecule has 0 saturated carbocycles. The first-order valence-corrected chi connectivity index (χ1v) is 11.3. The molecule has 4 rings (SSSR count). The summed E-state index contributed by atoms with van der Waals surface area (Å²) in [6.07, 6.45) is 1.50. The number of alkyl halides is 3. The maximum absolute atomic E-state index is 14.7. The lowest BCUT2D eigenvalue weighted by molar-refractivity contribution is -0.115. The average Bonchev–Trinajstić information content (AvgIpc) is 3.46. The molecule has 1 aliphatic carbocycles. The molecule has 186 valence electrons. The van der Waals surface area contributed by atoms with Gasteiger partial charge in [0.25, 0.3) is 5.91 Å². The minimum atomic E-state index is -4.78. The van der Waals surface area contributed by atoms with E-state index in [1.54, 1.807) is 11.0 Å². The van der Waals surface area contributed by atoms with Crippen molar-refractivity contribution in [2.75, 3.05) is 6.54 Å². The average molecular weight is 518 g/mol. The van der Waals surface area contributed by atoms with Crippen molar-refractivity contribution in [2.45, 2.75) is 26.1 Å². The second kappa shape index (κ2) is 9.98. The summed E-state index contributed by atoms with van der Waals surface area (Å²) >= 11 is 1.08. The summed E-state index contributed by atoms with van der Waals surface area (Å²) < 4.78 is 62.1. The van der Waals surface area contributed by atoms with E-state index >= 15 is 0 Å². The number of carbonyl (C=O) groups is 1. The van der Waals surface area contributed by atoms with Gasteiger partial charge in [-0.3, -0.25) is 14.5 Å². The molecule has 1 atom stereocenters. The molecule has 1 N–H and O–H groups in total. The smallest absolute Gasteiger partial charge is 0.419 e. The highest BCUT2D eigenvalue weighted by Crippen LogP contribution is 2.41. The number of nitriles is 1. The number of halogens is 4. The summed E-state index contributed by atoms with van der Waals surface area (Å²) in [5.41, 5.74) is -2.18. The molecule has 1 amide bonds. The summed E-state index contributed by atoms with van der Waals surface area (Å²) in [7, 11) is 0. The summed E-state index contributed by atoms with van der Waals surface area (Å²) in [6, 6.07) is 5.48. The number of ether oxygens (including phenoxy) is 1. The zero-order valence-electron chi connectivity index (χ0n) is 18.7. The van der Waals surface area contributed by atoms with Gasteiger partial charge in [0.2, 0.25) is 0 Å². The van der Waals surface area contributed by atoms with Crippen LogP contribution in [0.15, 0.2) is 64.2 Å². The normalized spacial score (nSPS) is 22.3. The van der Waals surface area contributed by atoms with Crippen molar-refractivity contribution in [3.8, 4) is 11.8 Å². The van der Waals surface area contributed by atoms with Gasteiger partial charge in [0.1, 0.15) is 18.4 Å². The van der Waals surface area contributed by atoms with Gasteiger partial charge < -0.3 is 10.1 Å². The lowest BCUT2D eigenvalue weighted by atomic mass is 9.82. The number of hydrogen-bond donors (Lipinski definition) is 1. The summed E-state index contributed by atoms with van der Waals surface area (Å²) in [4.78, 5) is 20.6. The number of carbonyl (C=O) groups excluding carboxylic acids is 1. The van der Waals surface area contributed by atoms with Crippen LogP contribution in [0, 0.1) is 22.6 Å². The Morgan fingerprint density at radius 1 is 1.42 bits per heavy atom. The van der Waals surface area contributed by atoms with Gasteiger partial charge in [-0.1, -0.05) is 6.07 Å². The number of thioether (sulfide) groups is 1. The van der Waals surface area contributed by atoms with E-state index in [2.05, 4.69) is 20.4 Å². The molecule has 36 heavy (non-hydrogen) atoms. The predicted molar refractivity (Wildman–Crippen MR) is 124 cm³/mol. The number of hydrogen-bond acceptors (Lipinski definition) is 7. The highest BCUT2D eigenvalue weighted by molar-refractivity contribution is 8.18. The van der Waals surface area contributed by atoms with Gasteiger partial charge in [0.05, 0.1) is 35.1 Å². The van der Waals surface area contributed by atoms with E-state index in [1.165, 1.54) is 31.5 Å². The van der Waals surface area contributed by atoms with Crippen LogP contribution in [0.25, 0.3) is 6.08 Å². The molecular weight excluding hydrogens is 500 g/mol. The Hall–Kier alpha value is -3.92. The van der Waals surface area contributed by atoms with Crippen molar-refractivity contribution in [1.29, 1.82) is 5.26 Å². The van der Waals surface area contributed by atoms with Crippen LogP contribution in [0.3, 0.4) is 0 Å². The number of rotatable bonds is 6. The van der Waals surface area contributed by atoms with Crippen LogP contribution >= 0.6 is 11.8 Å². The molecule has 0 radical (unpaired) electrons. The number of nitrogens with one attached hydrogen (secondary N) is 1. The third kappa shape index (κ3) is 5.83. The van der Waals surface area contributed by atoms with E-state index in [-0.39, 0.29) is 11.3 Å². The molecule has 8 nitrogen and oxygen atoms in total. The molecule has 2 aromatic rings. The molecule has 2 aliphatic rings. The van der Waals surface area contributed by atoms with Crippen LogP contribution in [0.5, 0.6) is 5.75 Å². The molecule has 1 aliphatic heterocycles. The summed E-state index contributed by atoms with van der Waals surface area (Å²) in [5, 5.41) is 16.1. The number of allylic oxidation sites excluding steroid dienone is 3. The zero-order chi connectivity index (χ0) is 25.9. The molecule has 1 aromatic heterocycles. The van der Waals surface area contributed by atoms with E-state index in [4.69, 9.17) is 4.74 Å². The molecule has 0 spiro atoms. The zero-order valence-corrected chi connectivity index (χ0v) is 19.5. The quantitative estimate of drug-likeness (QED) is 0.450. The van der Waals surface area contributed by atoms with Crippen molar-refractivity contribution in [3.05, 3.63) is 70.6 Å². The fourth-order valence-electron chi connectivity index (χ4n) is 3.32. The number of amidine groups is 1. The van der Waals surface area contributed by atoms with Gasteiger partial charge in [-0.15, -0.1) is 0 Å². The number of amides is 1. The van der Waals surface area contributed by atoms with E-state index < -0.39 is 40.4 Å². The molecule has 1 unspecified atom stereocenters. The van der Waals surface area contributed by atoms with Crippen LogP contribution in [0.2, 0.25) is 0 Å². The van der Waals surface area contributed by atoms with Gasteiger partial charge in [-0.05, 0) is 61.0 Å². The first kappa shape index (κ1) is 25.2. The number of aromatic nitrogens is 3. The van der Waals surface area contributed by atoms with Crippen LogP contribution in [0.4, 0.5) is 17.6 Å². The monoisotopic (exact) mass is 518 g/mol. The lowest BCUT2D eigenvalue weighted by Crippen LogP contribution is -2.25. The SMILES string of the molecule is CC1(C#N)C=C(C(F)(F)F)C(Oc2ccc(/C=C3\SC(=NCCn4cncn4)NC3=O)cc2F)=CC1. The Morgan fingerprint density at radius 2 is 2.22 bits per heavy atom. The Labute approximate surface area is 207 Å². The number of aliphatic imine (C=N–C) groups is 1. The first-order chi connectivity index (χ1) is 17.1. The van der Waals surface area contributed by atoms with Crippen LogP contribution < -0.4 is 10.1 Å². The molecule has 1 aromatic carbocycles. The second-order valence-corrected chi connectivity index (χ2v) is 9.09. The minimum Gasteiger partial charge on any atom is -0.454 e. The van der Waals surface area contributed by atoms with E-state index in [9.17, 15) is 27.6 Å². The Morgan fingerprint density at radius 3 is 2.89 bits per heavy atom. The highest BCUT2D eigenvalue weighted by Gasteiger charge is 2.42. The molecule has 13 heteroatoms. The molecule has 1 fully saturated rings. The van der Waals surface area contributed by atoms with Crippen LogP contribution in [-0.4, -0.2) is 38.6 Å². The van der Waals surface area contributed by atoms with Gasteiger partial charge in [-0.2, -0.15) is 23.5 Å². The van der Waals surface area contributed by atoms with Crippen molar-refractivity contribution in [1.82, 2.24) is 20.1 Å². The predicted octanol–water partition coefficient (Wildman–Crippen LogP) is 4.36. The molecule has 2 heterocycles. The minimum absolute atomic E-state index is 0.0146. The van der Waals surface area contributed by atoms with E-state index in [1.807, 2.05) is 6.07 Å². The molecule has 0 bridgehead atoms. The number of nitrogens with zero attached hydrogens (tertiary/aromatic N) is 5. The Bertz CT molecular complexity index is 1340. The van der Waals surface area contributed by atoms with Gasteiger partial charge in [0, 0.05) is 0 Å². The van der Waals surface area contributed by atoms with Gasteiger partial charge >= 0.3 is 6.18 Å². The van der Waals surface area contributed by atoms with Crippen LogP contribution in [-0.2, 0) is 11.3 Å². The van der Waals surface area contributed by atoms with Crippen molar-refractivity contribution < 1.29 is 27.1 Å². The second-order valence-electron chi connectivity index (χ2n) is 8.06. The Balaban J connectivity index is 1.46. The summed E-state index contributed by atoms with van der Waals surface area (Å²) in [5.74, 6) is -2.31. The van der Waals surface area contributed by atoms with Crippen molar-refractivity contribution >= 4 is 28.9 Å². The fraction of sp³-hybridized carbons (Fsp3) is 0.261. The maximum Gasteiger partial charge on any atom is 0.419 e.